The number of nitrogens with zero attached hydrogens (tertiary/aromatic N) is 5. The number of ether oxygens (including phenoxy) is 1. The van der Waals surface area contributed by atoms with Gasteiger partial charge in [-0.15, -0.1) is 0 Å². The molecule has 1 saturated heterocycles. The van der Waals surface area contributed by atoms with Gasteiger partial charge >= 0.3 is 0 Å². The Morgan fingerprint density at radius 2 is 1.88 bits per heavy atom. The van der Waals surface area contributed by atoms with E-state index in [2.05, 4.69) is 37.8 Å². The fraction of sp³-hybridized carbons (Fsp3) is 0.611. The molecule has 6 nitrogen and oxygen atoms in total. The van der Waals surface area contributed by atoms with E-state index in [-0.39, 0.29) is 6.10 Å². The first kappa shape index (κ1) is 15.7. The molecule has 2 aliphatic rings. The number of hydrogen-bond donors (Lipinski definition) is 0. The van der Waals surface area contributed by atoms with Gasteiger partial charge in [0.1, 0.15) is 6.33 Å². The molecule has 0 radical (unpaired) electrons. The predicted octanol–water partition coefficient (Wildman–Crippen LogP) is 2.08. The molecule has 2 aromatic rings. The summed E-state index contributed by atoms with van der Waals surface area (Å²) in [6, 6.07) is 0.352. The summed E-state index contributed by atoms with van der Waals surface area (Å²) < 4.78 is 7.95. The Hall–Kier alpha value is -1.79. The van der Waals surface area contributed by atoms with E-state index in [1.807, 2.05) is 25.7 Å². The number of rotatable bonds is 4. The molecule has 4 rings (SSSR count). The molecule has 2 aromatic heterocycles. The maximum atomic E-state index is 5.83. The average molecular weight is 327 g/mol. The molecule has 1 aliphatic carbocycles. The molecule has 0 aromatic carbocycles. The van der Waals surface area contributed by atoms with Gasteiger partial charge in [0.15, 0.2) is 0 Å². The zero-order valence-electron chi connectivity index (χ0n) is 14.4. The van der Waals surface area contributed by atoms with Crippen LogP contribution in [0, 0.1) is 18.8 Å². The molecule has 24 heavy (non-hydrogen) atoms. The summed E-state index contributed by atoms with van der Waals surface area (Å²) in [6.07, 6.45) is 12.0. The van der Waals surface area contributed by atoms with Crippen molar-refractivity contribution < 1.29 is 4.74 Å². The first-order chi connectivity index (χ1) is 11.7. The van der Waals surface area contributed by atoms with Gasteiger partial charge < -0.3 is 4.74 Å². The van der Waals surface area contributed by atoms with Crippen LogP contribution in [0.3, 0.4) is 0 Å². The van der Waals surface area contributed by atoms with E-state index in [4.69, 9.17) is 4.74 Å². The van der Waals surface area contributed by atoms with Gasteiger partial charge in [-0.05, 0) is 37.2 Å². The molecule has 128 valence electrons. The second-order valence-electron chi connectivity index (χ2n) is 7.27. The summed E-state index contributed by atoms with van der Waals surface area (Å²) in [6.45, 7) is 5.32. The van der Waals surface area contributed by atoms with Gasteiger partial charge in [0.2, 0.25) is 0 Å². The molecule has 0 bridgehead atoms. The molecular weight excluding hydrogens is 302 g/mol. The Kier molecular flexibility index (Phi) is 4.33. The predicted molar refractivity (Wildman–Crippen MR) is 90.3 cm³/mol. The minimum absolute atomic E-state index is 0.255. The van der Waals surface area contributed by atoms with E-state index in [1.165, 1.54) is 11.1 Å². The lowest BCUT2D eigenvalue weighted by atomic mass is 9.77. The second kappa shape index (κ2) is 6.61. The smallest absolute Gasteiger partial charge is 0.115 e. The fourth-order valence-electron chi connectivity index (χ4n) is 4.43. The standard InChI is InChI=1S/C18H25N5O/c1-13-5-21-23(8-13)17-3-15-10-22(9-14-6-19-12-20-7-14)11-16(15)4-18(17)24-2/h5-8,12,15-18H,3-4,9-11H2,1-2H3/t15-,16+,17-,18-/m0/s1. The number of aromatic nitrogens is 4. The Bertz CT molecular complexity index is 673. The molecule has 4 atom stereocenters. The summed E-state index contributed by atoms with van der Waals surface area (Å²) in [5.41, 5.74) is 2.41. The molecule has 0 amide bonds. The molecular formula is C18H25N5O. The Balaban J connectivity index is 1.46. The Labute approximate surface area is 142 Å². The second-order valence-corrected chi connectivity index (χ2v) is 7.27. The van der Waals surface area contributed by atoms with Gasteiger partial charge in [-0.25, -0.2) is 9.97 Å². The normalized spacial score (nSPS) is 30.4. The van der Waals surface area contributed by atoms with Gasteiger partial charge in [-0.3, -0.25) is 9.58 Å². The average Bonchev–Trinajstić information content (AvgIpc) is 3.19. The minimum Gasteiger partial charge on any atom is -0.379 e. The van der Waals surface area contributed by atoms with E-state index in [0.29, 0.717) is 12.0 Å². The van der Waals surface area contributed by atoms with Gasteiger partial charge in [0.05, 0.1) is 18.3 Å². The minimum atomic E-state index is 0.255. The number of aryl methyl sites for hydroxylation is 1. The summed E-state index contributed by atoms with van der Waals surface area (Å²) >= 11 is 0. The van der Waals surface area contributed by atoms with Crippen LogP contribution in [0.2, 0.25) is 0 Å². The van der Waals surface area contributed by atoms with Crippen molar-refractivity contribution in [3.05, 3.63) is 42.2 Å². The highest BCUT2D eigenvalue weighted by atomic mass is 16.5. The zero-order chi connectivity index (χ0) is 16.5. The van der Waals surface area contributed by atoms with Crippen molar-refractivity contribution in [3.8, 4) is 0 Å². The monoisotopic (exact) mass is 327 g/mol. The molecule has 2 fully saturated rings. The van der Waals surface area contributed by atoms with Crippen molar-refractivity contribution in [2.24, 2.45) is 11.8 Å². The molecule has 6 heteroatoms. The number of fused-ring (bicyclic) bond motifs is 1. The maximum Gasteiger partial charge on any atom is 0.115 e. The summed E-state index contributed by atoms with van der Waals surface area (Å²) in [5, 5.41) is 4.55. The van der Waals surface area contributed by atoms with Crippen molar-refractivity contribution in [2.75, 3.05) is 20.2 Å². The number of likely N-dealkylation sites (tertiary alicyclic amines) is 1. The molecule has 0 N–H and O–H groups in total. The fourth-order valence-corrected chi connectivity index (χ4v) is 4.43. The maximum absolute atomic E-state index is 5.83. The van der Waals surface area contributed by atoms with Crippen LogP contribution in [0.25, 0.3) is 0 Å². The Morgan fingerprint density at radius 3 is 2.54 bits per heavy atom. The van der Waals surface area contributed by atoms with E-state index in [1.54, 1.807) is 6.33 Å². The van der Waals surface area contributed by atoms with Crippen LogP contribution in [0.1, 0.15) is 30.0 Å². The molecule has 1 aliphatic heterocycles. The largest absolute Gasteiger partial charge is 0.379 e. The van der Waals surface area contributed by atoms with Crippen LogP contribution < -0.4 is 0 Å². The lowest BCUT2D eigenvalue weighted by Gasteiger charge is -2.37. The van der Waals surface area contributed by atoms with Crippen LogP contribution in [-0.2, 0) is 11.3 Å². The van der Waals surface area contributed by atoms with Gasteiger partial charge in [-0.2, -0.15) is 5.10 Å². The van der Waals surface area contributed by atoms with E-state index in [9.17, 15) is 0 Å². The van der Waals surface area contributed by atoms with Crippen LogP contribution in [0.4, 0.5) is 0 Å². The van der Waals surface area contributed by atoms with Crippen molar-refractivity contribution >= 4 is 0 Å². The van der Waals surface area contributed by atoms with Crippen LogP contribution >= 0.6 is 0 Å². The first-order valence-electron chi connectivity index (χ1n) is 8.72. The van der Waals surface area contributed by atoms with Gasteiger partial charge in [-0.1, -0.05) is 0 Å². The van der Waals surface area contributed by atoms with Gasteiger partial charge in [0.25, 0.3) is 0 Å². The summed E-state index contributed by atoms with van der Waals surface area (Å²) in [7, 11) is 1.84. The third-order valence-corrected chi connectivity index (χ3v) is 5.55. The van der Waals surface area contributed by atoms with E-state index in [0.717, 1.165) is 38.4 Å². The lowest BCUT2D eigenvalue weighted by molar-refractivity contribution is -0.00488. The lowest BCUT2D eigenvalue weighted by Crippen LogP contribution is -2.37. The first-order valence-corrected chi connectivity index (χ1v) is 8.72. The van der Waals surface area contributed by atoms with Crippen LogP contribution in [-0.4, -0.2) is 51.0 Å². The molecule has 0 spiro atoms. The molecule has 3 heterocycles. The van der Waals surface area contributed by atoms with E-state index < -0.39 is 0 Å². The molecule has 0 unspecified atom stereocenters. The van der Waals surface area contributed by atoms with Crippen LogP contribution in [0.5, 0.6) is 0 Å². The van der Waals surface area contributed by atoms with Crippen molar-refractivity contribution in [1.82, 2.24) is 24.6 Å². The third-order valence-electron chi connectivity index (χ3n) is 5.55. The van der Waals surface area contributed by atoms with Gasteiger partial charge in [0, 0.05) is 50.9 Å². The third kappa shape index (κ3) is 3.08. The van der Waals surface area contributed by atoms with Crippen molar-refractivity contribution in [2.45, 2.75) is 38.5 Å². The molecule has 1 saturated carbocycles. The summed E-state index contributed by atoms with van der Waals surface area (Å²) in [4.78, 5) is 10.8. The van der Waals surface area contributed by atoms with E-state index >= 15 is 0 Å². The van der Waals surface area contributed by atoms with Crippen LogP contribution in [0.15, 0.2) is 31.1 Å². The zero-order valence-corrected chi connectivity index (χ0v) is 14.4. The highest BCUT2D eigenvalue weighted by Crippen LogP contribution is 2.42. The van der Waals surface area contributed by atoms with Crippen molar-refractivity contribution in [1.29, 1.82) is 0 Å². The Morgan fingerprint density at radius 1 is 1.12 bits per heavy atom. The van der Waals surface area contributed by atoms with Crippen molar-refractivity contribution in [3.63, 3.8) is 0 Å². The highest BCUT2D eigenvalue weighted by Gasteiger charge is 2.43. The SMILES string of the molecule is CO[C@H]1C[C@@H]2CN(Cc3cncnc3)C[C@@H]2C[C@@H]1n1cc(C)cn1. The quantitative estimate of drug-likeness (QED) is 0.860. The topological polar surface area (TPSA) is 56.1 Å². The number of hydrogen-bond acceptors (Lipinski definition) is 5. The highest BCUT2D eigenvalue weighted by molar-refractivity contribution is 5.05. The number of methoxy groups -OCH3 is 1. The summed E-state index contributed by atoms with van der Waals surface area (Å²) in [5.74, 6) is 1.43.